The lowest BCUT2D eigenvalue weighted by Gasteiger charge is -2.38. The van der Waals surface area contributed by atoms with Crippen molar-refractivity contribution in [3.63, 3.8) is 0 Å². The van der Waals surface area contributed by atoms with Crippen molar-refractivity contribution in [2.24, 2.45) is 5.92 Å². The average molecular weight is 548 g/mol. The Morgan fingerprint density at radius 3 is 2.47 bits per heavy atom. The number of benzene rings is 2. The van der Waals surface area contributed by atoms with Crippen molar-refractivity contribution >= 4 is 28.5 Å². The Kier molecular flexibility index (Phi) is 8.36. The van der Waals surface area contributed by atoms with E-state index in [4.69, 9.17) is 16.3 Å². The monoisotopic (exact) mass is 547 g/mol. The van der Waals surface area contributed by atoms with E-state index in [9.17, 15) is 28.3 Å². The molecule has 10 heteroatoms. The zero-order valence-corrected chi connectivity index (χ0v) is 21.7. The molecule has 0 aliphatic carbocycles. The maximum atomic E-state index is 14.6. The number of aliphatic hydroxyl groups is 1. The molecule has 0 bridgehead atoms. The van der Waals surface area contributed by atoms with Crippen LogP contribution in [-0.4, -0.2) is 53.0 Å². The third-order valence-electron chi connectivity index (χ3n) is 7.11. The highest BCUT2D eigenvalue weighted by molar-refractivity contribution is 6.30. The largest absolute Gasteiger partial charge is 0.466 e. The Bertz CT molecular complexity index is 1330. The van der Waals surface area contributed by atoms with E-state index in [1.54, 1.807) is 40.7 Å². The van der Waals surface area contributed by atoms with Gasteiger partial charge in [0, 0.05) is 41.7 Å². The molecule has 1 N–H and O–H groups in total. The van der Waals surface area contributed by atoms with E-state index in [-0.39, 0.29) is 42.4 Å². The van der Waals surface area contributed by atoms with E-state index in [1.165, 1.54) is 24.4 Å². The van der Waals surface area contributed by atoms with Gasteiger partial charge in [-0.05, 0) is 68.6 Å². The molecule has 1 fully saturated rings. The Labute approximate surface area is 224 Å². The highest BCUT2D eigenvalue weighted by atomic mass is 35.5. The molecule has 1 saturated heterocycles. The first-order valence-corrected chi connectivity index (χ1v) is 12.9. The molecule has 0 amide bonds. The second-order valence-corrected chi connectivity index (χ2v) is 10.2. The zero-order chi connectivity index (χ0) is 27.5. The van der Waals surface area contributed by atoms with Crippen LogP contribution in [-0.2, 0) is 21.7 Å². The molecule has 4 rings (SSSR count). The number of piperidine rings is 1. The molecule has 1 aromatic heterocycles. The predicted molar refractivity (Wildman–Crippen MR) is 138 cm³/mol. The fraction of sp³-hybridized carbons (Fsp3) is 0.429. The smallest absolute Gasteiger partial charge is 0.422 e. The molecule has 0 spiro atoms. The Morgan fingerprint density at radius 2 is 1.87 bits per heavy atom. The molecule has 1 aliphatic heterocycles. The van der Waals surface area contributed by atoms with Gasteiger partial charge in [-0.15, -0.1) is 0 Å². The number of carbonyl (C=O) groups excluding carboxylic acids is 1. The third kappa shape index (κ3) is 5.98. The lowest BCUT2D eigenvalue weighted by atomic mass is 9.89. The summed E-state index contributed by atoms with van der Waals surface area (Å²) in [5.74, 6) is -0.266. The van der Waals surface area contributed by atoms with Crippen LogP contribution < -0.4 is 0 Å². The minimum Gasteiger partial charge on any atom is -0.466 e. The van der Waals surface area contributed by atoms with Gasteiger partial charge in [0.1, 0.15) is 0 Å². The molecule has 1 aliphatic rings. The van der Waals surface area contributed by atoms with Crippen molar-refractivity contribution in [1.82, 2.24) is 9.47 Å². The number of alkyl halides is 3. The van der Waals surface area contributed by atoms with E-state index in [2.05, 4.69) is 0 Å². The van der Waals surface area contributed by atoms with Crippen LogP contribution in [0.25, 0.3) is 10.9 Å². The van der Waals surface area contributed by atoms with Gasteiger partial charge in [-0.3, -0.25) is 9.69 Å². The number of β-amino-alcohol motifs (C(OH)–C–C–N with tert-alkyl or cyclic N) is 1. The molecule has 3 aromatic rings. The van der Waals surface area contributed by atoms with Crippen molar-refractivity contribution in [1.29, 1.82) is 5.26 Å². The molecule has 1 atom stereocenters. The fourth-order valence-electron chi connectivity index (χ4n) is 5.06. The first-order chi connectivity index (χ1) is 18.0. The number of carbonyl (C=O) groups is 1. The van der Waals surface area contributed by atoms with Crippen molar-refractivity contribution < 1.29 is 27.8 Å². The number of esters is 1. The number of hydrogen-bond acceptors (Lipinski definition) is 5. The van der Waals surface area contributed by atoms with Crippen LogP contribution in [0.2, 0.25) is 5.02 Å². The topological polar surface area (TPSA) is 78.5 Å². The van der Waals surface area contributed by atoms with Crippen LogP contribution in [0.3, 0.4) is 0 Å². The number of rotatable bonds is 8. The standard InChI is InChI=1S/C28H29ClF3N3O3/c1-2-38-26(36)14-19-9-11-34(12-10-19)18-27(37,28(30,31)32)24-17-35(16-20-3-6-22(29)7-4-20)25-13-21(15-33)5-8-23(24)25/h3-8,13,17,19,37H,2,9-12,14,16,18H2,1H3. The number of ether oxygens (including phenoxy) is 1. The van der Waals surface area contributed by atoms with Gasteiger partial charge in [0.25, 0.3) is 0 Å². The molecule has 0 radical (unpaired) electrons. The van der Waals surface area contributed by atoms with Gasteiger partial charge < -0.3 is 14.4 Å². The fourth-order valence-corrected chi connectivity index (χ4v) is 5.19. The van der Waals surface area contributed by atoms with Gasteiger partial charge in [-0.1, -0.05) is 29.8 Å². The number of aromatic nitrogens is 1. The highest BCUT2D eigenvalue weighted by Gasteiger charge is 2.57. The van der Waals surface area contributed by atoms with Crippen LogP contribution in [0.15, 0.2) is 48.7 Å². The molecule has 0 saturated carbocycles. The van der Waals surface area contributed by atoms with Gasteiger partial charge in [0.2, 0.25) is 5.60 Å². The Hall–Kier alpha value is -3.06. The van der Waals surface area contributed by atoms with Crippen LogP contribution in [0, 0.1) is 17.2 Å². The molecule has 38 heavy (non-hydrogen) atoms. The summed E-state index contributed by atoms with van der Waals surface area (Å²) in [5.41, 5.74) is -1.87. The van der Waals surface area contributed by atoms with Crippen LogP contribution in [0.1, 0.15) is 42.9 Å². The molecule has 2 heterocycles. The summed E-state index contributed by atoms with van der Waals surface area (Å²) in [4.78, 5) is 13.4. The van der Waals surface area contributed by atoms with Crippen molar-refractivity contribution in [2.75, 3.05) is 26.2 Å². The maximum absolute atomic E-state index is 14.6. The van der Waals surface area contributed by atoms with Gasteiger partial charge in [-0.25, -0.2) is 0 Å². The summed E-state index contributed by atoms with van der Waals surface area (Å²) in [6.07, 6.45) is -2.30. The Morgan fingerprint density at radius 1 is 1.18 bits per heavy atom. The first-order valence-electron chi connectivity index (χ1n) is 12.5. The highest BCUT2D eigenvalue weighted by Crippen LogP contribution is 2.44. The lowest BCUT2D eigenvalue weighted by molar-refractivity contribution is -0.271. The molecular formula is C28H29ClF3N3O3. The molecule has 2 aromatic carbocycles. The van der Waals surface area contributed by atoms with Gasteiger partial charge in [-0.2, -0.15) is 18.4 Å². The summed E-state index contributed by atoms with van der Waals surface area (Å²) >= 11 is 5.98. The SMILES string of the molecule is CCOC(=O)CC1CCN(CC(O)(c2cn(Cc3ccc(Cl)cc3)c3cc(C#N)ccc23)C(F)(F)F)CC1. The van der Waals surface area contributed by atoms with Crippen molar-refractivity contribution in [3.05, 3.63) is 70.4 Å². The number of halogens is 4. The van der Waals surface area contributed by atoms with E-state index < -0.39 is 18.3 Å². The predicted octanol–water partition coefficient (Wildman–Crippen LogP) is 5.63. The van der Waals surface area contributed by atoms with Crippen molar-refractivity contribution in [2.45, 2.75) is 44.5 Å². The first kappa shape index (κ1) is 28.0. The summed E-state index contributed by atoms with van der Waals surface area (Å²) in [6, 6.07) is 13.4. The van der Waals surface area contributed by atoms with Crippen LogP contribution >= 0.6 is 11.6 Å². The van der Waals surface area contributed by atoms with Gasteiger partial charge in [0.15, 0.2) is 0 Å². The van der Waals surface area contributed by atoms with Gasteiger partial charge in [0.05, 0.1) is 23.8 Å². The second kappa shape index (κ2) is 11.4. The van der Waals surface area contributed by atoms with Gasteiger partial charge >= 0.3 is 12.1 Å². The quantitative estimate of drug-likeness (QED) is 0.370. The Balaban J connectivity index is 1.65. The number of likely N-dealkylation sites (tertiary alicyclic amines) is 1. The molecular weight excluding hydrogens is 519 g/mol. The lowest BCUT2D eigenvalue weighted by Crippen LogP contribution is -2.52. The summed E-state index contributed by atoms with van der Waals surface area (Å²) in [5, 5.41) is 21.5. The molecule has 6 nitrogen and oxygen atoms in total. The van der Waals surface area contributed by atoms with E-state index >= 15 is 0 Å². The number of hydrogen-bond donors (Lipinski definition) is 1. The molecule has 1 unspecified atom stereocenters. The van der Waals surface area contributed by atoms with E-state index in [1.807, 2.05) is 6.07 Å². The van der Waals surface area contributed by atoms with Crippen LogP contribution in [0.4, 0.5) is 13.2 Å². The van der Waals surface area contributed by atoms with Crippen molar-refractivity contribution in [3.8, 4) is 6.07 Å². The summed E-state index contributed by atoms with van der Waals surface area (Å²) < 4.78 is 50.5. The maximum Gasteiger partial charge on any atom is 0.422 e. The summed E-state index contributed by atoms with van der Waals surface area (Å²) in [6.45, 7) is 2.26. The van der Waals surface area contributed by atoms with E-state index in [0.29, 0.717) is 42.0 Å². The number of nitrogens with zero attached hydrogens (tertiary/aromatic N) is 3. The normalized spacial score (nSPS) is 16.8. The number of fused-ring (bicyclic) bond motifs is 1. The second-order valence-electron chi connectivity index (χ2n) is 9.73. The zero-order valence-electron chi connectivity index (χ0n) is 21.0. The summed E-state index contributed by atoms with van der Waals surface area (Å²) in [7, 11) is 0. The number of nitriles is 1. The third-order valence-corrected chi connectivity index (χ3v) is 7.36. The van der Waals surface area contributed by atoms with Crippen LogP contribution in [0.5, 0.6) is 0 Å². The minimum absolute atomic E-state index is 0.0370. The average Bonchev–Trinajstić information content (AvgIpc) is 3.24. The minimum atomic E-state index is -4.96. The van der Waals surface area contributed by atoms with E-state index in [0.717, 1.165) is 5.56 Å². The molecule has 202 valence electrons.